The van der Waals surface area contributed by atoms with E-state index in [1.54, 1.807) is 12.4 Å². The number of pyridine rings is 1. The number of rotatable bonds is 6. The van der Waals surface area contributed by atoms with Gasteiger partial charge in [0.25, 0.3) is 0 Å². The number of halogens is 1. The van der Waals surface area contributed by atoms with Gasteiger partial charge in [-0.15, -0.1) is 11.6 Å². The molecule has 0 amide bonds. The zero-order valence-corrected chi connectivity index (χ0v) is 12.6. The minimum Gasteiger partial charge on any atom is -0.492 e. The highest BCUT2D eigenvalue weighted by atomic mass is 35.5. The Kier molecular flexibility index (Phi) is 6.64. The lowest BCUT2D eigenvalue weighted by Gasteiger charge is -2.06. The van der Waals surface area contributed by atoms with Crippen LogP contribution in [0.4, 0.5) is 0 Å². The lowest BCUT2D eigenvalue weighted by Crippen LogP contribution is -1.99. The van der Waals surface area contributed by atoms with Crippen LogP contribution in [0.1, 0.15) is 24.0 Å². The molecule has 0 unspecified atom stereocenters. The number of nitrogens with zero attached hydrogens (tertiary/aromatic N) is 1. The van der Waals surface area contributed by atoms with Crippen LogP contribution in [0, 0.1) is 11.8 Å². The molecule has 2 rings (SSSR count). The average molecular weight is 300 g/mol. The fourth-order valence-electron chi connectivity index (χ4n) is 1.97. The fraction of sp³-hybridized carbons (Fsp3) is 0.278. The van der Waals surface area contributed by atoms with E-state index >= 15 is 0 Å². The van der Waals surface area contributed by atoms with E-state index in [-0.39, 0.29) is 0 Å². The van der Waals surface area contributed by atoms with Gasteiger partial charge in [0.05, 0.1) is 18.7 Å². The molecule has 0 N–H and O–H groups in total. The van der Waals surface area contributed by atoms with Crippen LogP contribution in [0.2, 0.25) is 0 Å². The quantitative estimate of drug-likeness (QED) is 0.456. The number of benzene rings is 1. The molecule has 108 valence electrons. The molecule has 3 heteroatoms. The molecule has 1 aromatic carbocycles. The van der Waals surface area contributed by atoms with Gasteiger partial charge in [-0.1, -0.05) is 42.2 Å². The Morgan fingerprint density at radius 2 is 1.95 bits per heavy atom. The van der Waals surface area contributed by atoms with Crippen molar-refractivity contribution >= 4 is 11.6 Å². The highest BCUT2D eigenvalue weighted by molar-refractivity contribution is 6.19. The van der Waals surface area contributed by atoms with Crippen molar-refractivity contribution in [2.45, 2.75) is 19.3 Å². The third-order valence-corrected chi connectivity index (χ3v) is 3.12. The van der Waals surface area contributed by atoms with Crippen LogP contribution in [0.3, 0.4) is 0 Å². The highest BCUT2D eigenvalue weighted by Gasteiger charge is 1.97. The fourth-order valence-corrected chi connectivity index (χ4v) is 2.03. The van der Waals surface area contributed by atoms with Crippen LogP contribution < -0.4 is 4.74 Å². The maximum Gasteiger partial charge on any atom is 0.138 e. The summed E-state index contributed by atoms with van der Waals surface area (Å²) in [5.41, 5.74) is 2.20. The molecule has 0 atom stereocenters. The number of aryl methyl sites for hydroxylation is 1. The van der Waals surface area contributed by atoms with Gasteiger partial charge in [-0.05, 0) is 30.9 Å². The molecule has 0 spiro atoms. The van der Waals surface area contributed by atoms with Crippen molar-refractivity contribution in [1.29, 1.82) is 0 Å². The molecule has 0 bridgehead atoms. The van der Waals surface area contributed by atoms with Crippen molar-refractivity contribution in [2.75, 3.05) is 12.5 Å². The molecule has 0 saturated heterocycles. The molecule has 0 fully saturated rings. The summed E-state index contributed by atoms with van der Waals surface area (Å²) < 4.78 is 5.70. The number of hydrogen-bond donors (Lipinski definition) is 0. The summed E-state index contributed by atoms with van der Waals surface area (Å²) in [6.45, 7) is 0.695. The first-order valence-corrected chi connectivity index (χ1v) is 7.58. The van der Waals surface area contributed by atoms with E-state index in [0.29, 0.717) is 12.5 Å². The smallest absolute Gasteiger partial charge is 0.138 e. The summed E-state index contributed by atoms with van der Waals surface area (Å²) in [6.07, 6.45) is 6.64. The summed E-state index contributed by atoms with van der Waals surface area (Å²) in [4.78, 5) is 4.11. The zero-order valence-electron chi connectivity index (χ0n) is 11.9. The number of hydrogen-bond acceptors (Lipinski definition) is 2. The predicted octanol–water partition coefficient (Wildman–Crippen LogP) is 4.07. The third kappa shape index (κ3) is 5.89. The van der Waals surface area contributed by atoms with Gasteiger partial charge in [0, 0.05) is 11.8 Å². The summed E-state index contributed by atoms with van der Waals surface area (Å²) in [7, 11) is 0. The molecular formula is C18H18ClNO. The van der Waals surface area contributed by atoms with Gasteiger partial charge in [-0.3, -0.25) is 4.98 Å². The molecule has 0 saturated carbocycles. The SMILES string of the molecule is ClCC#Cc1cncc(OCCCCc2ccccc2)c1. The van der Waals surface area contributed by atoms with Crippen LogP contribution in [-0.2, 0) is 6.42 Å². The van der Waals surface area contributed by atoms with Crippen LogP contribution in [-0.4, -0.2) is 17.5 Å². The summed E-state index contributed by atoms with van der Waals surface area (Å²) in [5, 5.41) is 0. The molecule has 1 heterocycles. The Hall–Kier alpha value is -1.98. The van der Waals surface area contributed by atoms with Crippen LogP contribution in [0.25, 0.3) is 0 Å². The molecule has 2 aromatic rings. The third-order valence-electron chi connectivity index (χ3n) is 2.98. The Morgan fingerprint density at radius 3 is 2.76 bits per heavy atom. The van der Waals surface area contributed by atoms with Crippen molar-refractivity contribution in [1.82, 2.24) is 4.98 Å². The standard InChI is InChI=1S/C18H18ClNO/c19-11-6-10-17-13-18(15-20-14-17)21-12-5-4-9-16-7-2-1-3-8-16/h1-3,7-8,13-15H,4-5,9,11-12H2. The second-order valence-corrected chi connectivity index (χ2v) is 4.90. The van der Waals surface area contributed by atoms with E-state index in [1.165, 1.54) is 5.56 Å². The Balaban J connectivity index is 1.71. The van der Waals surface area contributed by atoms with E-state index in [4.69, 9.17) is 16.3 Å². The predicted molar refractivity (Wildman–Crippen MR) is 86.7 cm³/mol. The molecule has 0 radical (unpaired) electrons. The molecular weight excluding hydrogens is 282 g/mol. The van der Waals surface area contributed by atoms with E-state index in [1.807, 2.05) is 12.1 Å². The molecule has 1 aromatic heterocycles. The zero-order chi connectivity index (χ0) is 14.8. The Morgan fingerprint density at radius 1 is 1.10 bits per heavy atom. The topological polar surface area (TPSA) is 22.1 Å². The normalized spacial score (nSPS) is 9.76. The van der Waals surface area contributed by atoms with Gasteiger partial charge in [-0.2, -0.15) is 0 Å². The number of aromatic nitrogens is 1. The van der Waals surface area contributed by atoms with Gasteiger partial charge in [0.2, 0.25) is 0 Å². The maximum absolute atomic E-state index is 5.70. The van der Waals surface area contributed by atoms with Crippen molar-refractivity contribution in [2.24, 2.45) is 0 Å². The summed E-state index contributed by atoms with van der Waals surface area (Å²) in [6, 6.07) is 12.4. The van der Waals surface area contributed by atoms with Gasteiger partial charge in [-0.25, -0.2) is 0 Å². The Labute approximate surface area is 131 Å². The van der Waals surface area contributed by atoms with Gasteiger partial charge >= 0.3 is 0 Å². The Bertz CT molecular complexity index is 601. The summed E-state index contributed by atoms with van der Waals surface area (Å²) >= 11 is 5.53. The number of alkyl halides is 1. The molecule has 0 aliphatic heterocycles. The van der Waals surface area contributed by atoms with Crippen LogP contribution in [0.5, 0.6) is 5.75 Å². The molecule has 2 nitrogen and oxygen atoms in total. The molecule has 0 aliphatic carbocycles. The van der Waals surface area contributed by atoms with Crippen LogP contribution >= 0.6 is 11.6 Å². The van der Waals surface area contributed by atoms with E-state index in [0.717, 1.165) is 30.6 Å². The van der Waals surface area contributed by atoms with Crippen molar-refractivity contribution in [3.63, 3.8) is 0 Å². The molecule has 21 heavy (non-hydrogen) atoms. The summed E-state index contributed by atoms with van der Waals surface area (Å²) in [5.74, 6) is 6.82. The van der Waals surface area contributed by atoms with Gasteiger partial charge < -0.3 is 4.74 Å². The van der Waals surface area contributed by atoms with E-state index < -0.39 is 0 Å². The first-order chi connectivity index (χ1) is 10.4. The largest absolute Gasteiger partial charge is 0.492 e. The van der Waals surface area contributed by atoms with Crippen molar-refractivity contribution in [3.05, 3.63) is 59.9 Å². The second-order valence-electron chi connectivity index (χ2n) is 4.64. The second kappa shape index (κ2) is 9.05. The monoisotopic (exact) mass is 299 g/mol. The highest BCUT2D eigenvalue weighted by Crippen LogP contribution is 2.11. The first kappa shape index (κ1) is 15.4. The van der Waals surface area contributed by atoms with Crippen molar-refractivity contribution < 1.29 is 4.74 Å². The van der Waals surface area contributed by atoms with Gasteiger partial charge in [0.15, 0.2) is 0 Å². The number of ether oxygens (including phenoxy) is 1. The minimum atomic E-state index is 0.324. The van der Waals surface area contributed by atoms with Gasteiger partial charge in [0.1, 0.15) is 5.75 Å². The minimum absolute atomic E-state index is 0.324. The average Bonchev–Trinajstić information content (AvgIpc) is 2.54. The lowest BCUT2D eigenvalue weighted by molar-refractivity contribution is 0.305. The maximum atomic E-state index is 5.70. The van der Waals surface area contributed by atoms with Crippen molar-refractivity contribution in [3.8, 4) is 17.6 Å². The first-order valence-electron chi connectivity index (χ1n) is 7.05. The van der Waals surface area contributed by atoms with E-state index in [9.17, 15) is 0 Å². The lowest BCUT2D eigenvalue weighted by atomic mass is 10.1. The number of unbranched alkanes of at least 4 members (excludes halogenated alkanes) is 1. The van der Waals surface area contributed by atoms with E-state index in [2.05, 4.69) is 41.1 Å². The molecule has 0 aliphatic rings. The van der Waals surface area contributed by atoms with Crippen LogP contribution in [0.15, 0.2) is 48.8 Å².